The van der Waals surface area contributed by atoms with E-state index >= 15 is 0 Å². The van der Waals surface area contributed by atoms with Crippen LogP contribution in [0.5, 0.6) is 0 Å². The normalized spacial score (nSPS) is 13.1. The van der Waals surface area contributed by atoms with Crippen LogP contribution in [0.3, 0.4) is 0 Å². The lowest BCUT2D eigenvalue weighted by molar-refractivity contribution is -0.140. The summed E-state index contributed by atoms with van der Waals surface area (Å²) in [6.07, 6.45) is 2.04. The largest absolute Gasteiger partial charge is 0.352 e. The molecular weight excluding hydrogens is 457 g/mol. The van der Waals surface area contributed by atoms with Crippen LogP contribution in [0, 0.1) is 12.7 Å². The minimum absolute atomic E-state index is 0.0447. The number of anilines is 1. The summed E-state index contributed by atoms with van der Waals surface area (Å²) in [6.45, 7) is 7.16. The smallest absolute Gasteiger partial charge is 0.244 e. The molecule has 0 fully saturated rings. The van der Waals surface area contributed by atoms with Gasteiger partial charge in [0.1, 0.15) is 18.4 Å². The molecule has 0 aromatic heterocycles. The number of amides is 2. The fourth-order valence-electron chi connectivity index (χ4n) is 3.50. The molecular formula is C25H34FN3O4S. The van der Waals surface area contributed by atoms with Crippen LogP contribution in [0.25, 0.3) is 0 Å². The van der Waals surface area contributed by atoms with E-state index < -0.39 is 34.3 Å². The minimum atomic E-state index is -3.90. The molecule has 34 heavy (non-hydrogen) atoms. The Morgan fingerprint density at radius 2 is 1.71 bits per heavy atom. The van der Waals surface area contributed by atoms with E-state index in [4.69, 9.17) is 0 Å². The van der Waals surface area contributed by atoms with E-state index in [2.05, 4.69) is 5.32 Å². The summed E-state index contributed by atoms with van der Waals surface area (Å²) in [5, 5.41) is 2.92. The minimum Gasteiger partial charge on any atom is -0.352 e. The average molecular weight is 492 g/mol. The summed E-state index contributed by atoms with van der Waals surface area (Å²) >= 11 is 0. The molecule has 186 valence electrons. The quantitative estimate of drug-likeness (QED) is 0.520. The van der Waals surface area contributed by atoms with E-state index in [0.29, 0.717) is 6.42 Å². The predicted octanol–water partition coefficient (Wildman–Crippen LogP) is 3.62. The molecule has 0 saturated heterocycles. The van der Waals surface area contributed by atoms with Crippen molar-refractivity contribution < 1.29 is 22.4 Å². The molecule has 2 atom stereocenters. The zero-order valence-electron chi connectivity index (χ0n) is 20.4. The maximum absolute atomic E-state index is 13.8. The molecule has 0 aliphatic heterocycles. The van der Waals surface area contributed by atoms with Gasteiger partial charge in [0.2, 0.25) is 21.8 Å². The van der Waals surface area contributed by atoms with Crippen molar-refractivity contribution in [3.63, 3.8) is 0 Å². The third-order valence-electron chi connectivity index (χ3n) is 5.64. The van der Waals surface area contributed by atoms with Gasteiger partial charge in [0.25, 0.3) is 0 Å². The van der Waals surface area contributed by atoms with Crippen LogP contribution in [-0.4, -0.2) is 50.0 Å². The summed E-state index contributed by atoms with van der Waals surface area (Å²) in [5.41, 5.74) is 1.91. The fraction of sp³-hybridized carbons (Fsp3) is 0.440. The van der Waals surface area contributed by atoms with Crippen LogP contribution in [0.1, 0.15) is 44.7 Å². The predicted molar refractivity (Wildman–Crippen MR) is 132 cm³/mol. The van der Waals surface area contributed by atoms with E-state index in [9.17, 15) is 22.4 Å². The van der Waals surface area contributed by atoms with E-state index in [1.807, 2.05) is 45.0 Å². The summed E-state index contributed by atoms with van der Waals surface area (Å²) in [4.78, 5) is 28.0. The van der Waals surface area contributed by atoms with E-state index in [1.54, 1.807) is 6.92 Å². The van der Waals surface area contributed by atoms with Crippen LogP contribution in [0.15, 0.2) is 48.5 Å². The lowest BCUT2D eigenvalue weighted by Gasteiger charge is -2.33. The Kier molecular flexibility index (Phi) is 9.61. The van der Waals surface area contributed by atoms with Gasteiger partial charge in [0, 0.05) is 12.6 Å². The average Bonchev–Trinajstić information content (AvgIpc) is 2.77. The van der Waals surface area contributed by atoms with Gasteiger partial charge >= 0.3 is 0 Å². The molecule has 0 spiro atoms. The molecule has 0 heterocycles. The Morgan fingerprint density at radius 3 is 2.24 bits per heavy atom. The number of aryl methyl sites for hydroxylation is 1. The summed E-state index contributed by atoms with van der Waals surface area (Å²) in [7, 11) is -3.90. The first-order valence-corrected chi connectivity index (χ1v) is 13.2. The van der Waals surface area contributed by atoms with Crippen molar-refractivity contribution in [2.75, 3.05) is 17.1 Å². The number of carbonyl (C=O) groups is 2. The Balaban J connectivity index is 2.43. The van der Waals surface area contributed by atoms with Gasteiger partial charge in [-0.2, -0.15) is 0 Å². The molecule has 2 rings (SSSR count). The SMILES string of the molecule is CC[C@H](C)NC(=O)[C@H](CC)N(Cc1ccc(C)cc1)C(=O)CN(c1cccc(F)c1)S(C)(=O)=O. The van der Waals surface area contributed by atoms with Gasteiger partial charge in [0.05, 0.1) is 11.9 Å². The first-order valence-electron chi connectivity index (χ1n) is 11.3. The highest BCUT2D eigenvalue weighted by Crippen LogP contribution is 2.20. The second kappa shape index (κ2) is 12.0. The van der Waals surface area contributed by atoms with Crippen LogP contribution in [0.2, 0.25) is 0 Å². The molecule has 2 amide bonds. The number of sulfonamides is 1. The third-order valence-corrected chi connectivity index (χ3v) is 6.78. The number of carbonyl (C=O) groups excluding carboxylic acids is 2. The van der Waals surface area contributed by atoms with Crippen molar-refractivity contribution in [2.45, 2.75) is 59.2 Å². The Bertz CT molecular complexity index is 1090. The van der Waals surface area contributed by atoms with Crippen LogP contribution in [-0.2, 0) is 26.2 Å². The Morgan fingerprint density at radius 1 is 1.06 bits per heavy atom. The zero-order chi connectivity index (χ0) is 25.5. The second-order valence-electron chi connectivity index (χ2n) is 8.50. The highest BCUT2D eigenvalue weighted by atomic mass is 32.2. The molecule has 2 aromatic carbocycles. The Labute approximate surface area is 202 Å². The van der Waals surface area contributed by atoms with Gasteiger partial charge < -0.3 is 10.2 Å². The molecule has 0 saturated carbocycles. The van der Waals surface area contributed by atoms with Crippen molar-refractivity contribution in [1.82, 2.24) is 10.2 Å². The van der Waals surface area contributed by atoms with Gasteiger partial charge in [-0.25, -0.2) is 12.8 Å². The molecule has 0 aliphatic carbocycles. The second-order valence-corrected chi connectivity index (χ2v) is 10.4. The lowest BCUT2D eigenvalue weighted by atomic mass is 10.1. The molecule has 1 N–H and O–H groups in total. The topological polar surface area (TPSA) is 86.8 Å². The maximum atomic E-state index is 13.8. The summed E-state index contributed by atoms with van der Waals surface area (Å²) < 4.78 is 39.7. The first kappa shape index (κ1) is 27.3. The molecule has 0 radical (unpaired) electrons. The van der Waals surface area contributed by atoms with Gasteiger partial charge in [-0.3, -0.25) is 13.9 Å². The fourth-order valence-corrected chi connectivity index (χ4v) is 4.34. The molecule has 2 aromatic rings. The van der Waals surface area contributed by atoms with Gasteiger partial charge in [-0.15, -0.1) is 0 Å². The molecule has 0 bridgehead atoms. The van der Waals surface area contributed by atoms with Crippen LogP contribution < -0.4 is 9.62 Å². The van der Waals surface area contributed by atoms with E-state index in [0.717, 1.165) is 34.2 Å². The van der Waals surface area contributed by atoms with Gasteiger partial charge in [-0.1, -0.05) is 49.7 Å². The van der Waals surface area contributed by atoms with E-state index in [1.165, 1.54) is 23.1 Å². The summed E-state index contributed by atoms with van der Waals surface area (Å²) in [5.74, 6) is -1.47. The zero-order valence-corrected chi connectivity index (χ0v) is 21.2. The van der Waals surface area contributed by atoms with E-state index in [-0.39, 0.29) is 24.2 Å². The van der Waals surface area contributed by atoms with Crippen molar-refractivity contribution in [3.8, 4) is 0 Å². The Hall–Kier alpha value is -2.94. The van der Waals surface area contributed by atoms with Crippen LogP contribution in [0.4, 0.5) is 10.1 Å². The molecule has 0 unspecified atom stereocenters. The maximum Gasteiger partial charge on any atom is 0.244 e. The number of benzene rings is 2. The number of hydrogen-bond acceptors (Lipinski definition) is 4. The molecule has 9 heteroatoms. The lowest BCUT2D eigenvalue weighted by Crippen LogP contribution is -2.53. The van der Waals surface area contributed by atoms with Crippen molar-refractivity contribution in [2.24, 2.45) is 0 Å². The first-order chi connectivity index (χ1) is 16.0. The number of nitrogens with one attached hydrogen (secondary N) is 1. The highest BCUT2D eigenvalue weighted by Gasteiger charge is 2.32. The highest BCUT2D eigenvalue weighted by molar-refractivity contribution is 7.92. The molecule has 7 nitrogen and oxygen atoms in total. The standard InChI is InChI=1S/C25H34FN3O4S/c1-6-19(4)27-25(31)23(7-2)28(16-20-13-11-18(3)12-14-20)24(30)17-29(34(5,32)33)22-10-8-9-21(26)15-22/h8-15,19,23H,6-7,16-17H2,1-5H3,(H,27,31)/t19-,23-/m0/s1. The number of nitrogens with zero attached hydrogens (tertiary/aromatic N) is 2. The van der Waals surface area contributed by atoms with Crippen molar-refractivity contribution in [3.05, 3.63) is 65.5 Å². The number of hydrogen-bond donors (Lipinski definition) is 1. The third kappa shape index (κ3) is 7.55. The van der Waals surface area contributed by atoms with Crippen molar-refractivity contribution in [1.29, 1.82) is 0 Å². The summed E-state index contributed by atoms with van der Waals surface area (Å²) in [6, 6.07) is 11.8. The number of rotatable bonds is 11. The monoisotopic (exact) mass is 491 g/mol. The van der Waals surface area contributed by atoms with Crippen LogP contribution >= 0.6 is 0 Å². The van der Waals surface area contributed by atoms with Gasteiger partial charge in [-0.05, 0) is 50.5 Å². The van der Waals surface area contributed by atoms with Crippen molar-refractivity contribution >= 4 is 27.5 Å². The molecule has 0 aliphatic rings. The number of halogens is 1. The van der Waals surface area contributed by atoms with Gasteiger partial charge in [0.15, 0.2) is 0 Å².